The van der Waals surface area contributed by atoms with E-state index in [1.807, 2.05) is 0 Å². The van der Waals surface area contributed by atoms with Crippen molar-refractivity contribution in [1.82, 2.24) is 4.90 Å². The van der Waals surface area contributed by atoms with Gasteiger partial charge in [0.25, 0.3) is 0 Å². The van der Waals surface area contributed by atoms with Crippen LogP contribution in [0.1, 0.15) is 44.9 Å². The van der Waals surface area contributed by atoms with Crippen LogP contribution < -0.4 is 0 Å². The molecule has 5 heteroatoms. The predicted octanol–water partition coefficient (Wildman–Crippen LogP) is 2.54. The summed E-state index contributed by atoms with van der Waals surface area (Å²) in [5, 5.41) is 0. The number of nitrogens with zero attached hydrogens (tertiary/aromatic N) is 1. The van der Waals surface area contributed by atoms with Gasteiger partial charge in [0, 0.05) is 26.2 Å². The number of rotatable bonds is 5. The van der Waals surface area contributed by atoms with Crippen molar-refractivity contribution in [3.05, 3.63) is 12.2 Å². The third-order valence-corrected chi connectivity index (χ3v) is 6.29. The molecule has 2 aliphatic heterocycles. The molecular weight excluding hydrogens is 318 g/mol. The lowest BCUT2D eigenvalue weighted by Gasteiger charge is -2.39. The van der Waals surface area contributed by atoms with Gasteiger partial charge in [-0.3, -0.25) is 4.79 Å². The molecule has 2 aliphatic carbocycles. The molecule has 0 unspecified atom stereocenters. The summed E-state index contributed by atoms with van der Waals surface area (Å²) in [6, 6.07) is 0.214. The van der Waals surface area contributed by atoms with Gasteiger partial charge in [0.15, 0.2) is 0 Å². The van der Waals surface area contributed by atoms with Gasteiger partial charge < -0.3 is 19.1 Å². The van der Waals surface area contributed by atoms with Crippen LogP contribution in [0.3, 0.4) is 0 Å². The number of carbonyl (C=O) groups is 1. The number of carbonyl (C=O) groups excluding carboxylic acids is 1. The highest BCUT2D eigenvalue weighted by atomic mass is 16.5. The van der Waals surface area contributed by atoms with Crippen LogP contribution in [-0.4, -0.2) is 62.0 Å². The lowest BCUT2D eigenvalue weighted by molar-refractivity contribution is -0.153. The molecule has 4 rings (SSSR count). The molecule has 2 saturated heterocycles. The molecule has 1 amide bonds. The van der Waals surface area contributed by atoms with Crippen molar-refractivity contribution < 1.29 is 19.0 Å². The summed E-state index contributed by atoms with van der Waals surface area (Å²) in [5.41, 5.74) is 0. The first-order valence-electron chi connectivity index (χ1n) is 10.1. The fourth-order valence-electron chi connectivity index (χ4n) is 4.78. The highest BCUT2D eigenvalue weighted by molar-refractivity contribution is 5.77. The Kier molecular flexibility index (Phi) is 5.73. The Balaban J connectivity index is 1.30. The second kappa shape index (κ2) is 8.19. The predicted molar refractivity (Wildman–Crippen MR) is 94.2 cm³/mol. The first kappa shape index (κ1) is 17.5. The van der Waals surface area contributed by atoms with Gasteiger partial charge in [0.2, 0.25) is 5.91 Å². The van der Waals surface area contributed by atoms with E-state index < -0.39 is 0 Å². The lowest BCUT2D eigenvalue weighted by Crippen LogP contribution is -2.54. The van der Waals surface area contributed by atoms with Crippen molar-refractivity contribution in [3.63, 3.8) is 0 Å². The molecule has 4 aliphatic rings. The van der Waals surface area contributed by atoms with E-state index in [-0.39, 0.29) is 18.2 Å². The van der Waals surface area contributed by atoms with E-state index in [0.29, 0.717) is 30.8 Å². The Bertz CT molecular complexity index is 488. The van der Waals surface area contributed by atoms with E-state index in [1.54, 1.807) is 0 Å². The minimum Gasteiger partial charge on any atom is -0.381 e. The Morgan fingerprint density at radius 3 is 2.80 bits per heavy atom. The lowest BCUT2D eigenvalue weighted by atomic mass is 10.0. The van der Waals surface area contributed by atoms with E-state index >= 15 is 0 Å². The van der Waals surface area contributed by atoms with Gasteiger partial charge >= 0.3 is 0 Å². The average Bonchev–Trinajstić information content (AvgIpc) is 3.30. The maximum Gasteiger partial charge on any atom is 0.223 e. The summed E-state index contributed by atoms with van der Waals surface area (Å²) in [4.78, 5) is 14.9. The fraction of sp³-hybridized carbons (Fsp3) is 0.850. The van der Waals surface area contributed by atoms with E-state index in [1.165, 1.54) is 0 Å². The number of hydrogen-bond acceptors (Lipinski definition) is 4. The minimum absolute atomic E-state index is 0.0664. The zero-order valence-electron chi connectivity index (χ0n) is 15.1. The Labute approximate surface area is 150 Å². The Hall–Kier alpha value is -0.910. The number of hydrogen-bond donors (Lipinski definition) is 0. The molecule has 140 valence electrons. The summed E-state index contributed by atoms with van der Waals surface area (Å²) in [7, 11) is 0. The van der Waals surface area contributed by atoms with Crippen molar-refractivity contribution in [2.75, 3.05) is 33.0 Å². The van der Waals surface area contributed by atoms with E-state index in [9.17, 15) is 4.79 Å². The molecule has 5 nitrogen and oxygen atoms in total. The molecule has 2 heterocycles. The molecule has 0 spiro atoms. The van der Waals surface area contributed by atoms with E-state index in [0.717, 1.165) is 64.9 Å². The number of morpholine rings is 1. The van der Waals surface area contributed by atoms with Crippen LogP contribution in [0.15, 0.2) is 12.2 Å². The van der Waals surface area contributed by atoms with Crippen molar-refractivity contribution in [1.29, 1.82) is 0 Å². The maximum atomic E-state index is 12.8. The highest BCUT2D eigenvalue weighted by Crippen LogP contribution is 2.34. The van der Waals surface area contributed by atoms with Gasteiger partial charge in [-0.05, 0) is 50.4 Å². The smallest absolute Gasteiger partial charge is 0.223 e. The van der Waals surface area contributed by atoms with Gasteiger partial charge in [0.1, 0.15) is 6.10 Å². The van der Waals surface area contributed by atoms with Gasteiger partial charge in [-0.25, -0.2) is 0 Å². The van der Waals surface area contributed by atoms with Gasteiger partial charge in [0.05, 0.1) is 25.4 Å². The summed E-state index contributed by atoms with van der Waals surface area (Å²) < 4.78 is 17.7. The topological polar surface area (TPSA) is 48.0 Å². The SMILES string of the molecule is O=C(C[C@H]1C=CCC1)N1CCO[C@H]2[C@H](OCC3CCOCC3)CC[C@@H]21. The molecule has 0 radical (unpaired) electrons. The van der Waals surface area contributed by atoms with Crippen LogP contribution in [0, 0.1) is 11.8 Å². The molecular formula is C20H31NO4. The largest absolute Gasteiger partial charge is 0.381 e. The normalized spacial score (nSPS) is 35.9. The van der Waals surface area contributed by atoms with E-state index in [4.69, 9.17) is 14.2 Å². The number of allylic oxidation sites excluding steroid dienone is 2. The average molecular weight is 349 g/mol. The third kappa shape index (κ3) is 4.09. The maximum absolute atomic E-state index is 12.8. The summed E-state index contributed by atoms with van der Waals surface area (Å²) in [6.07, 6.45) is 11.7. The molecule has 4 atom stereocenters. The Morgan fingerprint density at radius 1 is 1.12 bits per heavy atom. The molecule has 1 saturated carbocycles. The van der Waals surface area contributed by atoms with Crippen LogP contribution in [0.2, 0.25) is 0 Å². The van der Waals surface area contributed by atoms with Crippen LogP contribution in [0.4, 0.5) is 0 Å². The minimum atomic E-state index is 0.0664. The van der Waals surface area contributed by atoms with Crippen molar-refractivity contribution >= 4 is 5.91 Å². The van der Waals surface area contributed by atoms with Crippen LogP contribution >= 0.6 is 0 Å². The number of ether oxygens (including phenoxy) is 3. The second-order valence-corrected chi connectivity index (χ2v) is 7.96. The van der Waals surface area contributed by atoms with Gasteiger partial charge in [-0.2, -0.15) is 0 Å². The number of amides is 1. The summed E-state index contributed by atoms with van der Waals surface area (Å²) in [6.45, 7) is 3.91. The zero-order valence-corrected chi connectivity index (χ0v) is 15.1. The zero-order chi connectivity index (χ0) is 17.1. The van der Waals surface area contributed by atoms with Crippen molar-refractivity contribution in [2.24, 2.45) is 11.8 Å². The third-order valence-electron chi connectivity index (χ3n) is 6.29. The second-order valence-electron chi connectivity index (χ2n) is 7.96. The van der Waals surface area contributed by atoms with Crippen LogP contribution in [0.25, 0.3) is 0 Å². The van der Waals surface area contributed by atoms with E-state index in [2.05, 4.69) is 17.1 Å². The molecule has 0 aromatic rings. The molecule has 0 aromatic heterocycles. The van der Waals surface area contributed by atoms with Crippen LogP contribution in [0.5, 0.6) is 0 Å². The molecule has 0 N–H and O–H groups in total. The molecule has 3 fully saturated rings. The van der Waals surface area contributed by atoms with Gasteiger partial charge in [-0.1, -0.05) is 12.2 Å². The standard InChI is InChI=1S/C20H31NO4/c22-19(13-15-3-1-2-4-15)21-9-12-24-20-17(21)5-6-18(20)25-14-16-7-10-23-11-8-16/h1,3,15-18,20H,2,4-14H2/t15-,17-,18+,20+/m0/s1. The molecule has 0 bridgehead atoms. The number of fused-ring (bicyclic) bond motifs is 1. The first-order valence-corrected chi connectivity index (χ1v) is 10.1. The molecule has 0 aromatic carbocycles. The first-order chi connectivity index (χ1) is 12.3. The Morgan fingerprint density at radius 2 is 2.00 bits per heavy atom. The molecule has 25 heavy (non-hydrogen) atoms. The monoisotopic (exact) mass is 349 g/mol. The van der Waals surface area contributed by atoms with Gasteiger partial charge in [-0.15, -0.1) is 0 Å². The summed E-state index contributed by atoms with van der Waals surface area (Å²) >= 11 is 0. The fourth-order valence-corrected chi connectivity index (χ4v) is 4.78. The van der Waals surface area contributed by atoms with Crippen molar-refractivity contribution in [3.8, 4) is 0 Å². The summed E-state index contributed by atoms with van der Waals surface area (Å²) in [5.74, 6) is 1.36. The highest BCUT2D eigenvalue weighted by Gasteiger charge is 2.45. The quantitative estimate of drug-likeness (QED) is 0.716. The van der Waals surface area contributed by atoms with Crippen molar-refractivity contribution in [2.45, 2.75) is 63.2 Å². The van der Waals surface area contributed by atoms with Crippen LogP contribution in [-0.2, 0) is 19.0 Å².